The number of nitrogens with one attached hydrogen (secondary N) is 1. The van der Waals surface area contributed by atoms with E-state index in [2.05, 4.69) is 5.32 Å². The maximum absolute atomic E-state index is 12.2. The van der Waals surface area contributed by atoms with Crippen LogP contribution >= 0.6 is 23.2 Å². The molecule has 0 saturated heterocycles. The Bertz CT molecular complexity index is 630. The first kappa shape index (κ1) is 16.3. The molecule has 1 N–H and O–H groups in total. The molecule has 1 aromatic carbocycles. The fraction of sp³-hybridized carbons (Fsp3) is 0.267. The number of ketones is 1. The Kier molecular flexibility index (Phi) is 5.25. The normalized spacial score (nSPS) is 25.6. The van der Waals surface area contributed by atoms with Gasteiger partial charge in [0.25, 0.3) is 0 Å². The van der Waals surface area contributed by atoms with E-state index in [0.717, 1.165) is 0 Å². The fourth-order valence-electron chi connectivity index (χ4n) is 2.00. The molecule has 1 aromatic rings. The summed E-state index contributed by atoms with van der Waals surface area (Å²) in [5, 5.41) is 2.65. The standard InChI is InChI=1S/C15H15Cl2NO2S/c1-21(20)10-13(19)11-6-2-3-7-12(11)18-15(17)9-5-4-8-14(15)16/h2-9,14,18H,10H2,1H3. The van der Waals surface area contributed by atoms with E-state index in [4.69, 9.17) is 23.2 Å². The van der Waals surface area contributed by atoms with Gasteiger partial charge < -0.3 is 5.32 Å². The molecule has 6 heteroatoms. The van der Waals surface area contributed by atoms with Gasteiger partial charge in [-0.1, -0.05) is 42.0 Å². The highest BCUT2D eigenvalue weighted by molar-refractivity contribution is 7.85. The lowest BCUT2D eigenvalue weighted by Gasteiger charge is -2.31. The van der Waals surface area contributed by atoms with Crippen LogP contribution in [0.25, 0.3) is 0 Å². The minimum absolute atomic E-state index is 0.0198. The van der Waals surface area contributed by atoms with E-state index in [9.17, 15) is 9.00 Å². The summed E-state index contributed by atoms with van der Waals surface area (Å²) in [5.74, 6) is -0.214. The Morgan fingerprint density at radius 2 is 2.10 bits per heavy atom. The van der Waals surface area contributed by atoms with Crippen LogP contribution in [0.1, 0.15) is 10.4 Å². The zero-order valence-electron chi connectivity index (χ0n) is 11.4. The van der Waals surface area contributed by atoms with Gasteiger partial charge in [-0.3, -0.25) is 9.00 Å². The van der Waals surface area contributed by atoms with Gasteiger partial charge in [-0.05, 0) is 18.2 Å². The number of allylic oxidation sites excluding steroid dienone is 2. The molecule has 0 saturated carbocycles. The molecule has 3 nitrogen and oxygen atoms in total. The van der Waals surface area contributed by atoms with Crippen molar-refractivity contribution in [1.82, 2.24) is 0 Å². The average molecular weight is 344 g/mol. The molecular formula is C15H15Cl2NO2S. The number of carbonyl (C=O) groups excluding carboxylic acids is 1. The summed E-state index contributed by atoms with van der Waals surface area (Å²) in [5.41, 5.74) is 1.04. The second-order valence-electron chi connectivity index (χ2n) is 4.73. The molecule has 3 atom stereocenters. The van der Waals surface area contributed by atoms with Gasteiger partial charge in [0.15, 0.2) is 10.8 Å². The summed E-state index contributed by atoms with van der Waals surface area (Å²) >= 11 is 12.7. The molecule has 0 aromatic heterocycles. The zero-order chi connectivity index (χ0) is 15.5. The maximum atomic E-state index is 12.2. The molecule has 0 bridgehead atoms. The predicted octanol–water partition coefficient (Wildman–Crippen LogP) is 3.33. The SMILES string of the molecule is CS(=O)CC(=O)c1ccccc1NC1(Cl)C=CC=CC1Cl. The number of carbonyl (C=O) groups is 1. The Morgan fingerprint density at radius 3 is 2.76 bits per heavy atom. The van der Waals surface area contributed by atoms with Gasteiger partial charge >= 0.3 is 0 Å². The summed E-state index contributed by atoms with van der Waals surface area (Å²) in [4.78, 5) is 11.2. The van der Waals surface area contributed by atoms with Gasteiger partial charge in [-0.2, -0.15) is 0 Å². The summed E-state index contributed by atoms with van der Waals surface area (Å²) < 4.78 is 11.2. The third-order valence-corrected chi connectivity index (χ3v) is 4.75. The number of Topliss-reactive ketones (excluding diaryl/α,β-unsaturated/α-hetero) is 1. The first-order valence-corrected chi connectivity index (χ1v) is 8.86. The number of para-hydroxylation sites is 1. The highest BCUT2D eigenvalue weighted by Gasteiger charge is 2.33. The Morgan fingerprint density at radius 1 is 1.38 bits per heavy atom. The van der Waals surface area contributed by atoms with Crippen molar-refractivity contribution in [2.24, 2.45) is 0 Å². The third-order valence-electron chi connectivity index (χ3n) is 3.02. The number of halogens is 2. The van der Waals surface area contributed by atoms with E-state index in [0.29, 0.717) is 11.3 Å². The lowest BCUT2D eigenvalue weighted by atomic mass is 10.0. The monoisotopic (exact) mass is 343 g/mol. The van der Waals surface area contributed by atoms with Crippen molar-refractivity contribution in [1.29, 1.82) is 0 Å². The summed E-state index contributed by atoms with van der Waals surface area (Å²) in [6.07, 6.45) is 8.63. The van der Waals surface area contributed by atoms with Crippen molar-refractivity contribution < 1.29 is 9.00 Å². The van der Waals surface area contributed by atoms with Crippen molar-refractivity contribution in [3.05, 3.63) is 54.1 Å². The number of anilines is 1. The molecular weight excluding hydrogens is 329 g/mol. The first-order chi connectivity index (χ1) is 9.92. The van der Waals surface area contributed by atoms with E-state index in [1.807, 2.05) is 6.08 Å². The molecule has 0 heterocycles. The Labute approximate surface area is 136 Å². The van der Waals surface area contributed by atoms with Crippen LogP contribution in [-0.4, -0.2) is 32.4 Å². The van der Waals surface area contributed by atoms with E-state index >= 15 is 0 Å². The minimum Gasteiger partial charge on any atom is -0.362 e. The van der Waals surface area contributed by atoms with Crippen LogP contribution in [0, 0.1) is 0 Å². The minimum atomic E-state index is -1.19. The fourth-order valence-corrected chi connectivity index (χ4v) is 2.99. The van der Waals surface area contributed by atoms with Gasteiger partial charge in [0.05, 0.1) is 11.1 Å². The first-order valence-electron chi connectivity index (χ1n) is 6.32. The number of benzene rings is 1. The van der Waals surface area contributed by atoms with Gasteiger partial charge in [0.2, 0.25) is 0 Å². The number of hydrogen-bond donors (Lipinski definition) is 1. The molecule has 1 aliphatic carbocycles. The summed E-state index contributed by atoms with van der Waals surface area (Å²) in [6, 6.07) is 7.00. The molecule has 0 aliphatic heterocycles. The summed E-state index contributed by atoms with van der Waals surface area (Å²) in [7, 11) is -1.19. The molecule has 0 amide bonds. The molecule has 2 rings (SSSR count). The van der Waals surface area contributed by atoms with Gasteiger partial charge in [-0.15, -0.1) is 11.6 Å². The van der Waals surface area contributed by atoms with Crippen molar-refractivity contribution in [3.8, 4) is 0 Å². The van der Waals surface area contributed by atoms with E-state index in [-0.39, 0.29) is 11.5 Å². The molecule has 1 aliphatic rings. The average Bonchev–Trinajstić information content (AvgIpc) is 2.42. The quantitative estimate of drug-likeness (QED) is 0.506. The van der Waals surface area contributed by atoms with Crippen LogP contribution in [0.4, 0.5) is 5.69 Å². The van der Waals surface area contributed by atoms with Crippen LogP contribution in [0.3, 0.4) is 0 Å². The van der Waals surface area contributed by atoms with Gasteiger partial charge in [0, 0.05) is 28.3 Å². The van der Waals surface area contributed by atoms with Gasteiger partial charge in [-0.25, -0.2) is 0 Å². The van der Waals surface area contributed by atoms with Crippen molar-refractivity contribution in [2.45, 2.75) is 10.4 Å². The predicted molar refractivity (Wildman–Crippen MR) is 89.8 cm³/mol. The number of alkyl halides is 2. The zero-order valence-corrected chi connectivity index (χ0v) is 13.7. The van der Waals surface area contributed by atoms with Crippen molar-refractivity contribution in [3.63, 3.8) is 0 Å². The van der Waals surface area contributed by atoms with E-state index in [1.165, 1.54) is 6.26 Å². The van der Waals surface area contributed by atoms with Crippen LogP contribution < -0.4 is 5.32 Å². The van der Waals surface area contributed by atoms with Crippen LogP contribution in [0.2, 0.25) is 0 Å². The molecule has 21 heavy (non-hydrogen) atoms. The van der Waals surface area contributed by atoms with Crippen molar-refractivity contribution >= 4 is 45.5 Å². The Balaban J connectivity index is 2.29. The van der Waals surface area contributed by atoms with Crippen LogP contribution in [-0.2, 0) is 10.8 Å². The number of rotatable bonds is 5. The highest BCUT2D eigenvalue weighted by atomic mass is 35.5. The Hall–Kier alpha value is -1.10. The smallest absolute Gasteiger partial charge is 0.177 e. The largest absolute Gasteiger partial charge is 0.362 e. The molecule has 3 unspecified atom stereocenters. The lowest BCUT2D eigenvalue weighted by molar-refractivity contribution is 0.102. The topological polar surface area (TPSA) is 46.2 Å². The lowest BCUT2D eigenvalue weighted by Crippen LogP contribution is -2.39. The number of hydrogen-bond acceptors (Lipinski definition) is 3. The maximum Gasteiger partial charge on any atom is 0.177 e. The van der Waals surface area contributed by atoms with Crippen LogP contribution in [0.15, 0.2) is 48.6 Å². The van der Waals surface area contributed by atoms with Gasteiger partial charge in [0.1, 0.15) is 0 Å². The third kappa shape index (κ3) is 3.96. The van der Waals surface area contributed by atoms with Crippen LogP contribution in [0.5, 0.6) is 0 Å². The van der Waals surface area contributed by atoms with Crippen molar-refractivity contribution in [2.75, 3.05) is 17.3 Å². The van der Waals surface area contributed by atoms with E-state index < -0.39 is 21.2 Å². The molecule has 112 valence electrons. The highest BCUT2D eigenvalue weighted by Crippen LogP contribution is 2.33. The molecule has 0 fully saturated rings. The van der Waals surface area contributed by atoms with E-state index in [1.54, 1.807) is 42.5 Å². The molecule has 0 spiro atoms. The summed E-state index contributed by atoms with van der Waals surface area (Å²) in [6.45, 7) is 0. The second-order valence-corrected chi connectivity index (χ2v) is 7.26. The molecule has 0 radical (unpaired) electrons. The second kappa shape index (κ2) is 6.77.